The number of unbranched alkanes of at least 4 members (excludes halogenated alkanes) is 6. The summed E-state index contributed by atoms with van der Waals surface area (Å²) in [5, 5.41) is 0. The molecular formula is C17H31N3O. The van der Waals surface area contributed by atoms with Crippen LogP contribution in [-0.4, -0.2) is 11.6 Å². The number of nitrogens with one attached hydrogen (secondary N) is 1. The maximum absolute atomic E-state index is 5.69. The maximum atomic E-state index is 5.69. The summed E-state index contributed by atoms with van der Waals surface area (Å²) in [7, 11) is 0. The van der Waals surface area contributed by atoms with E-state index in [2.05, 4.69) is 17.3 Å². The van der Waals surface area contributed by atoms with Crippen LogP contribution in [0.2, 0.25) is 0 Å². The third-order valence-electron chi connectivity index (χ3n) is 3.75. The van der Waals surface area contributed by atoms with Crippen molar-refractivity contribution in [2.45, 2.75) is 71.3 Å². The van der Waals surface area contributed by atoms with Crippen molar-refractivity contribution in [3.63, 3.8) is 0 Å². The third kappa shape index (κ3) is 7.44. The predicted octanol–water partition coefficient (Wildman–Crippen LogP) is 4.13. The lowest BCUT2D eigenvalue weighted by Crippen LogP contribution is -2.28. The Morgan fingerprint density at radius 1 is 1.10 bits per heavy atom. The molecule has 0 spiro atoms. The van der Waals surface area contributed by atoms with Crippen molar-refractivity contribution in [1.29, 1.82) is 0 Å². The molecule has 1 unspecified atom stereocenters. The molecule has 1 heterocycles. The fourth-order valence-corrected chi connectivity index (χ4v) is 2.52. The summed E-state index contributed by atoms with van der Waals surface area (Å²) in [6.07, 6.45) is 13.9. The number of hydrazine groups is 1. The second-order valence-electron chi connectivity index (χ2n) is 5.52. The lowest BCUT2D eigenvalue weighted by atomic mass is 10.0. The average molecular weight is 293 g/mol. The molecule has 21 heavy (non-hydrogen) atoms. The van der Waals surface area contributed by atoms with Crippen LogP contribution < -0.4 is 16.0 Å². The maximum Gasteiger partial charge on any atom is 0.137 e. The van der Waals surface area contributed by atoms with Crippen LogP contribution in [0.15, 0.2) is 18.5 Å². The van der Waals surface area contributed by atoms with E-state index in [1.165, 1.54) is 44.9 Å². The first-order valence-electron chi connectivity index (χ1n) is 8.35. The van der Waals surface area contributed by atoms with Gasteiger partial charge in [-0.05, 0) is 25.0 Å². The zero-order chi connectivity index (χ0) is 15.3. The first-order valence-corrected chi connectivity index (χ1v) is 8.35. The van der Waals surface area contributed by atoms with E-state index >= 15 is 0 Å². The minimum absolute atomic E-state index is 0.161. The zero-order valence-corrected chi connectivity index (χ0v) is 13.6. The summed E-state index contributed by atoms with van der Waals surface area (Å²) in [6.45, 7) is 4.88. The monoisotopic (exact) mass is 293 g/mol. The molecule has 1 rings (SSSR count). The molecule has 0 radical (unpaired) electrons. The first-order chi connectivity index (χ1) is 10.3. The van der Waals surface area contributed by atoms with E-state index < -0.39 is 0 Å². The Hall–Kier alpha value is -1.13. The standard InChI is InChI=1S/C17H31N3O/c1-3-5-6-7-8-9-10-11-17(20-18)15-12-16(21-4-2)14-19-13-15/h12-14,17,20H,3-11,18H2,1-2H3. The summed E-state index contributed by atoms with van der Waals surface area (Å²) in [5.74, 6) is 6.51. The van der Waals surface area contributed by atoms with E-state index in [4.69, 9.17) is 10.6 Å². The molecule has 0 aliphatic carbocycles. The third-order valence-corrected chi connectivity index (χ3v) is 3.75. The largest absolute Gasteiger partial charge is 0.492 e. The fraction of sp³-hybridized carbons (Fsp3) is 0.706. The van der Waals surface area contributed by atoms with Crippen LogP contribution in [0.25, 0.3) is 0 Å². The van der Waals surface area contributed by atoms with Crippen molar-refractivity contribution >= 4 is 0 Å². The van der Waals surface area contributed by atoms with Crippen LogP contribution in [0.1, 0.15) is 76.8 Å². The Morgan fingerprint density at radius 3 is 2.48 bits per heavy atom. The summed E-state index contributed by atoms with van der Waals surface area (Å²) in [4.78, 5) is 4.23. The van der Waals surface area contributed by atoms with Gasteiger partial charge in [0.1, 0.15) is 5.75 Å². The Kier molecular flexibility index (Phi) is 9.83. The quantitative estimate of drug-likeness (QED) is 0.346. The molecule has 0 saturated carbocycles. The topological polar surface area (TPSA) is 60.2 Å². The molecule has 0 bridgehead atoms. The van der Waals surface area contributed by atoms with E-state index in [9.17, 15) is 0 Å². The Balaban J connectivity index is 2.32. The van der Waals surface area contributed by atoms with Gasteiger partial charge in [0.05, 0.1) is 12.8 Å². The molecular weight excluding hydrogens is 262 g/mol. The number of rotatable bonds is 12. The molecule has 0 aliphatic rings. The van der Waals surface area contributed by atoms with Crippen molar-refractivity contribution < 1.29 is 4.74 Å². The SMILES string of the molecule is CCCCCCCCCC(NN)c1cncc(OCC)c1. The summed E-state index contributed by atoms with van der Waals surface area (Å²) in [6, 6.07) is 2.19. The molecule has 0 saturated heterocycles. The van der Waals surface area contributed by atoms with Gasteiger partial charge < -0.3 is 4.74 Å². The highest BCUT2D eigenvalue weighted by Gasteiger charge is 2.10. The fourth-order valence-electron chi connectivity index (χ4n) is 2.52. The number of hydrogen-bond acceptors (Lipinski definition) is 4. The summed E-state index contributed by atoms with van der Waals surface area (Å²) in [5.41, 5.74) is 4.01. The van der Waals surface area contributed by atoms with Gasteiger partial charge in [-0.3, -0.25) is 16.3 Å². The average Bonchev–Trinajstić information content (AvgIpc) is 2.51. The lowest BCUT2D eigenvalue weighted by molar-refractivity contribution is 0.337. The van der Waals surface area contributed by atoms with E-state index in [0.717, 1.165) is 17.7 Å². The second-order valence-corrected chi connectivity index (χ2v) is 5.52. The highest BCUT2D eigenvalue weighted by Crippen LogP contribution is 2.22. The van der Waals surface area contributed by atoms with Gasteiger partial charge in [0.2, 0.25) is 0 Å². The number of ether oxygens (including phenoxy) is 1. The number of nitrogens with two attached hydrogens (primary N) is 1. The Labute approximate surface area is 129 Å². The highest BCUT2D eigenvalue weighted by molar-refractivity contribution is 5.25. The normalized spacial score (nSPS) is 12.3. The number of hydrogen-bond donors (Lipinski definition) is 2. The first kappa shape index (κ1) is 17.9. The van der Waals surface area contributed by atoms with Gasteiger partial charge >= 0.3 is 0 Å². The van der Waals surface area contributed by atoms with Crippen LogP contribution in [0, 0.1) is 0 Å². The predicted molar refractivity (Wildman–Crippen MR) is 88.1 cm³/mol. The van der Waals surface area contributed by atoms with Gasteiger partial charge in [-0.1, -0.05) is 51.9 Å². The van der Waals surface area contributed by atoms with Crippen molar-refractivity contribution in [3.05, 3.63) is 24.0 Å². The van der Waals surface area contributed by atoms with Gasteiger partial charge in [0.25, 0.3) is 0 Å². The Bertz CT molecular complexity index is 371. The van der Waals surface area contributed by atoms with E-state index in [-0.39, 0.29) is 6.04 Å². The molecule has 3 N–H and O–H groups in total. The van der Waals surface area contributed by atoms with Gasteiger partial charge in [-0.2, -0.15) is 0 Å². The van der Waals surface area contributed by atoms with Crippen LogP contribution in [0.4, 0.5) is 0 Å². The van der Waals surface area contributed by atoms with Gasteiger partial charge in [-0.15, -0.1) is 0 Å². The van der Waals surface area contributed by atoms with Crippen LogP contribution in [0.3, 0.4) is 0 Å². The van der Waals surface area contributed by atoms with E-state index in [0.29, 0.717) is 6.61 Å². The molecule has 120 valence electrons. The molecule has 0 aromatic carbocycles. The number of pyridine rings is 1. The van der Waals surface area contributed by atoms with Crippen molar-refractivity contribution in [2.75, 3.05) is 6.61 Å². The van der Waals surface area contributed by atoms with Crippen molar-refractivity contribution in [3.8, 4) is 5.75 Å². The second kappa shape index (κ2) is 11.5. The lowest BCUT2D eigenvalue weighted by Gasteiger charge is -2.16. The minimum atomic E-state index is 0.161. The van der Waals surface area contributed by atoms with Gasteiger partial charge in [0.15, 0.2) is 0 Å². The highest BCUT2D eigenvalue weighted by atomic mass is 16.5. The number of aromatic nitrogens is 1. The molecule has 1 aromatic rings. The smallest absolute Gasteiger partial charge is 0.137 e. The van der Waals surface area contributed by atoms with Crippen molar-refractivity contribution in [2.24, 2.45) is 5.84 Å². The molecule has 4 nitrogen and oxygen atoms in total. The molecule has 0 amide bonds. The van der Waals surface area contributed by atoms with Crippen LogP contribution in [-0.2, 0) is 0 Å². The van der Waals surface area contributed by atoms with Crippen LogP contribution in [0.5, 0.6) is 5.75 Å². The molecule has 4 heteroatoms. The van der Waals surface area contributed by atoms with Crippen molar-refractivity contribution in [1.82, 2.24) is 10.4 Å². The van der Waals surface area contributed by atoms with Gasteiger partial charge in [-0.25, -0.2) is 0 Å². The molecule has 1 aromatic heterocycles. The van der Waals surface area contributed by atoms with Gasteiger partial charge in [0, 0.05) is 12.2 Å². The molecule has 0 aliphatic heterocycles. The van der Waals surface area contributed by atoms with Crippen LogP contribution >= 0.6 is 0 Å². The Morgan fingerprint density at radius 2 is 1.81 bits per heavy atom. The van der Waals surface area contributed by atoms with E-state index in [1.54, 1.807) is 6.20 Å². The van der Waals surface area contributed by atoms with E-state index in [1.807, 2.05) is 19.2 Å². The minimum Gasteiger partial charge on any atom is -0.492 e. The summed E-state index contributed by atoms with van der Waals surface area (Å²) >= 11 is 0. The summed E-state index contributed by atoms with van der Waals surface area (Å²) < 4.78 is 5.49. The molecule has 1 atom stereocenters. The zero-order valence-electron chi connectivity index (χ0n) is 13.6. The number of nitrogens with zero attached hydrogens (tertiary/aromatic N) is 1. The molecule has 0 fully saturated rings.